The van der Waals surface area contributed by atoms with Crippen LogP contribution < -0.4 is 5.48 Å². The lowest BCUT2D eigenvalue weighted by Gasteiger charge is -1.98. The molecule has 1 atom stereocenters. The molecule has 4 heteroatoms. The van der Waals surface area contributed by atoms with Crippen LogP contribution in [0.2, 0.25) is 0 Å². The van der Waals surface area contributed by atoms with E-state index in [4.69, 9.17) is 10.3 Å². The van der Waals surface area contributed by atoms with E-state index in [1.807, 2.05) is 0 Å². The van der Waals surface area contributed by atoms with Crippen molar-refractivity contribution in [2.45, 2.75) is 19.4 Å². The zero-order chi connectivity index (χ0) is 10.6. The second-order valence-electron chi connectivity index (χ2n) is 3.13. The second-order valence-corrected chi connectivity index (χ2v) is 3.13. The second kappa shape index (κ2) is 4.74. The quantitative estimate of drug-likeness (QED) is 0.626. The number of carboxylic acid groups (broad SMARTS) is 1. The number of hydrogen-bond acceptors (Lipinski definition) is 3. The molecule has 1 aromatic rings. The van der Waals surface area contributed by atoms with Gasteiger partial charge in [0.1, 0.15) is 6.04 Å². The zero-order valence-corrected chi connectivity index (χ0v) is 7.90. The molecule has 0 aromatic heterocycles. The van der Waals surface area contributed by atoms with Crippen LogP contribution in [-0.2, 0) is 11.2 Å². The molecule has 0 fully saturated rings. The van der Waals surface area contributed by atoms with Gasteiger partial charge in [-0.25, -0.2) is 0 Å². The van der Waals surface area contributed by atoms with Crippen molar-refractivity contribution in [2.75, 3.05) is 0 Å². The van der Waals surface area contributed by atoms with Gasteiger partial charge in [-0.3, -0.25) is 4.79 Å². The molecule has 0 bridgehead atoms. The van der Waals surface area contributed by atoms with Gasteiger partial charge in [0.15, 0.2) is 0 Å². The van der Waals surface area contributed by atoms with Gasteiger partial charge < -0.3 is 10.3 Å². The highest BCUT2D eigenvalue weighted by atomic mass is 16.5. The van der Waals surface area contributed by atoms with Crippen LogP contribution in [0.3, 0.4) is 0 Å². The molecule has 0 spiro atoms. The number of aliphatic carboxylic acids is 1. The van der Waals surface area contributed by atoms with Crippen molar-refractivity contribution in [1.82, 2.24) is 5.48 Å². The Hall–Kier alpha value is -1.39. The number of hydrogen-bond donors (Lipinski definition) is 3. The number of benzene rings is 1. The van der Waals surface area contributed by atoms with Gasteiger partial charge in [0.05, 0.1) is 0 Å². The van der Waals surface area contributed by atoms with Crippen molar-refractivity contribution >= 4 is 5.97 Å². The van der Waals surface area contributed by atoms with Crippen LogP contribution in [0.1, 0.15) is 18.1 Å². The van der Waals surface area contributed by atoms with Crippen molar-refractivity contribution in [3.05, 3.63) is 35.4 Å². The molecule has 0 aliphatic heterocycles. The lowest BCUT2D eigenvalue weighted by atomic mass is 10.4. The molecule has 2 rings (SSSR count). The molecular weight excluding hydrogens is 182 g/mol. The average molecular weight is 195 g/mol. The van der Waals surface area contributed by atoms with Crippen LogP contribution in [0, 0.1) is 0 Å². The standard InChI is InChI=1S/C7H6.C3H7NO3/c1-2-4-7-5-6(7)3-1;1-2(4-7)3(5)6/h1-4H,5H2;2,4,7H,1H3,(H,5,6). The van der Waals surface area contributed by atoms with E-state index in [0.29, 0.717) is 0 Å². The van der Waals surface area contributed by atoms with Gasteiger partial charge in [0.2, 0.25) is 0 Å². The smallest absolute Gasteiger partial charge is 0.322 e. The Kier molecular flexibility index (Phi) is 3.62. The normalized spacial score (nSPS) is 13.3. The maximum atomic E-state index is 9.71. The van der Waals surface area contributed by atoms with Crippen molar-refractivity contribution in [2.24, 2.45) is 0 Å². The summed E-state index contributed by atoms with van der Waals surface area (Å²) in [7, 11) is 0. The first-order valence-electron chi connectivity index (χ1n) is 4.34. The van der Waals surface area contributed by atoms with Gasteiger partial charge in [0.25, 0.3) is 0 Å². The third kappa shape index (κ3) is 3.16. The molecule has 1 aromatic carbocycles. The van der Waals surface area contributed by atoms with Crippen LogP contribution in [0.4, 0.5) is 0 Å². The largest absolute Gasteiger partial charge is 0.480 e. The monoisotopic (exact) mass is 195 g/mol. The summed E-state index contributed by atoms with van der Waals surface area (Å²) in [5, 5.41) is 15.8. The lowest BCUT2D eigenvalue weighted by molar-refractivity contribution is -0.141. The fraction of sp³-hybridized carbons (Fsp3) is 0.300. The van der Waals surface area contributed by atoms with Gasteiger partial charge in [-0.1, -0.05) is 24.3 Å². The fourth-order valence-corrected chi connectivity index (χ4v) is 0.892. The van der Waals surface area contributed by atoms with Gasteiger partial charge in [-0.2, -0.15) is 5.48 Å². The highest BCUT2D eigenvalue weighted by Crippen LogP contribution is 2.25. The summed E-state index contributed by atoms with van der Waals surface area (Å²) >= 11 is 0. The summed E-state index contributed by atoms with van der Waals surface area (Å²) < 4.78 is 0. The summed E-state index contributed by atoms with van der Waals surface area (Å²) in [5.41, 5.74) is 4.62. The van der Waals surface area contributed by atoms with Crippen molar-refractivity contribution in [3.8, 4) is 0 Å². The van der Waals surface area contributed by atoms with E-state index < -0.39 is 12.0 Å². The molecule has 1 aliphatic rings. The molecule has 14 heavy (non-hydrogen) atoms. The molecule has 0 heterocycles. The molecule has 76 valence electrons. The van der Waals surface area contributed by atoms with Crippen LogP contribution in [0.15, 0.2) is 24.3 Å². The summed E-state index contributed by atoms with van der Waals surface area (Å²) in [4.78, 5) is 9.71. The van der Waals surface area contributed by atoms with E-state index in [-0.39, 0.29) is 0 Å². The van der Waals surface area contributed by atoms with Gasteiger partial charge in [-0.05, 0) is 24.5 Å². The zero-order valence-electron chi connectivity index (χ0n) is 7.90. The highest BCUT2D eigenvalue weighted by Gasteiger charge is 2.12. The van der Waals surface area contributed by atoms with E-state index in [2.05, 4.69) is 24.3 Å². The predicted octanol–water partition coefficient (Wildman–Crippen LogP) is 1.03. The van der Waals surface area contributed by atoms with Crippen LogP contribution >= 0.6 is 0 Å². The maximum Gasteiger partial charge on any atom is 0.322 e. The SMILES string of the molecule is CC(NO)C(=O)O.c1ccc2c(c1)C2. The van der Waals surface area contributed by atoms with Crippen LogP contribution in [0.25, 0.3) is 0 Å². The van der Waals surface area contributed by atoms with E-state index in [0.717, 1.165) is 0 Å². The summed E-state index contributed by atoms with van der Waals surface area (Å²) in [6, 6.07) is 7.66. The van der Waals surface area contributed by atoms with E-state index in [9.17, 15) is 4.79 Å². The summed E-state index contributed by atoms with van der Waals surface area (Å²) in [6.45, 7) is 1.34. The minimum atomic E-state index is -1.07. The number of carbonyl (C=O) groups is 1. The fourth-order valence-electron chi connectivity index (χ4n) is 0.892. The first-order valence-corrected chi connectivity index (χ1v) is 4.34. The van der Waals surface area contributed by atoms with Crippen LogP contribution in [-0.4, -0.2) is 22.3 Å². The number of fused-ring (bicyclic) bond motifs is 1. The summed E-state index contributed by atoms with van der Waals surface area (Å²) in [6.07, 6.45) is 1.24. The van der Waals surface area contributed by atoms with Gasteiger partial charge >= 0.3 is 5.97 Å². The molecule has 3 N–H and O–H groups in total. The van der Waals surface area contributed by atoms with E-state index in [1.54, 1.807) is 5.48 Å². The molecule has 0 saturated heterocycles. The van der Waals surface area contributed by atoms with Crippen molar-refractivity contribution in [3.63, 3.8) is 0 Å². The van der Waals surface area contributed by atoms with Crippen molar-refractivity contribution in [1.29, 1.82) is 0 Å². The van der Waals surface area contributed by atoms with Crippen LogP contribution in [0.5, 0.6) is 0 Å². The van der Waals surface area contributed by atoms with Crippen molar-refractivity contribution < 1.29 is 15.1 Å². The topological polar surface area (TPSA) is 69.6 Å². The Labute approximate surface area is 82.1 Å². The minimum absolute atomic E-state index is 0.875. The third-order valence-electron chi connectivity index (χ3n) is 1.94. The van der Waals surface area contributed by atoms with Gasteiger partial charge in [-0.15, -0.1) is 0 Å². The third-order valence-corrected chi connectivity index (χ3v) is 1.94. The molecule has 0 amide bonds. The predicted molar refractivity (Wildman–Crippen MR) is 51.3 cm³/mol. The molecule has 0 radical (unpaired) electrons. The Balaban J connectivity index is 0.000000140. The number of rotatable bonds is 2. The maximum absolute atomic E-state index is 9.71. The van der Waals surface area contributed by atoms with E-state index >= 15 is 0 Å². The van der Waals surface area contributed by atoms with E-state index in [1.165, 1.54) is 24.5 Å². The molecule has 0 saturated carbocycles. The molecular formula is C10H13NO3. The Morgan fingerprint density at radius 3 is 2.14 bits per heavy atom. The molecule has 1 aliphatic carbocycles. The first kappa shape index (κ1) is 10.7. The number of nitrogens with one attached hydrogen (secondary N) is 1. The number of carboxylic acids is 1. The van der Waals surface area contributed by atoms with Gasteiger partial charge in [0, 0.05) is 0 Å². The first-order chi connectivity index (χ1) is 6.65. The molecule has 1 unspecified atom stereocenters. The molecule has 4 nitrogen and oxygen atoms in total. The summed E-state index contributed by atoms with van der Waals surface area (Å²) in [5.74, 6) is -1.07. The Morgan fingerprint density at radius 1 is 1.43 bits per heavy atom. The number of hydroxylamine groups is 1. The Bertz CT molecular complexity index is 304. The average Bonchev–Trinajstić information content (AvgIpc) is 2.96. The lowest BCUT2D eigenvalue weighted by Crippen LogP contribution is -2.30. The highest BCUT2D eigenvalue weighted by molar-refractivity contribution is 5.72. The Morgan fingerprint density at radius 2 is 1.93 bits per heavy atom. The minimum Gasteiger partial charge on any atom is -0.480 e.